The van der Waals surface area contributed by atoms with E-state index in [1.807, 2.05) is 13.8 Å². The Morgan fingerprint density at radius 3 is 2.64 bits per heavy atom. The average Bonchev–Trinajstić information content (AvgIpc) is 1.97. The Bertz CT molecular complexity index is 191. The summed E-state index contributed by atoms with van der Waals surface area (Å²) in [6.45, 7) is 3.60. The molecule has 0 aromatic heterocycles. The van der Waals surface area contributed by atoms with E-state index in [0.717, 1.165) is 5.57 Å². The van der Waals surface area contributed by atoms with E-state index in [0.29, 0.717) is 5.92 Å². The summed E-state index contributed by atoms with van der Waals surface area (Å²) >= 11 is 0. The van der Waals surface area contributed by atoms with E-state index < -0.39 is 6.67 Å². The van der Waals surface area contributed by atoms with Gasteiger partial charge in [0.25, 0.3) is 0 Å². The molecule has 0 aliphatic heterocycles. The van der Waals surface area contributed by atoms with Gasteiger partial charge in [-0.25, -0.2) is 4.39 Å². The third kappa shape index (κ3) is 4.38. The lowest BCUT2D eigenvalue weighted by Gasteiger charge is -2.02. The molecule has 11 heavy (non-hydrogen) atoms. The Morgan fingerprint density at radius 1 is 1.64 bits per heavy atom. The molecule has 0 heterocycles. The average molecular weight is 152 g/mol. The number of hydrogen-bond donors (Lipinski definition) is 0. The van der Waals surface area contributed by atoms with Gasteiger partial charge in [0.2, 0.25) is 0 Å². The van der Waals surface area contributed by atoms with Crippen LogP contribution in [0.25, 0.3) is 0 Å². The van der Waals surface area contributed by atoms with Gasteiger partial charge in [0, 0.05) is 0 Å². The Labute approximate surface area is 67.8 Å². The van der Waals surface area contributed by atoms with Crippen LogP contribution in [0.1, 0.15) is 13.8 Å². The van der Waals surface area contributed by atoms with Crippen molar-refractivity contribution in [2.45, 2.75) is 13.8 Å². The van der Waals surface area contributed by atoms with Crippen molar-refractivity contribution >= 4 is 0 Å². The summed E-state index contributed by atoms with van der Waals surface area (Å²) in [6.07, 6.45) is 9.94. The largest absolute Gasteiger partial charge is 0.247 e. The quantitative estimate of drug-likeness (QED) is 0.431. The molecule has 0 amide bonds. The Morgan fingerprint density at radius 2 is 2.27 bits per heavy atom. The van der Waals surface area contributed by atoms with Crippen LogP contribution in [0.5, 0.6) is 0 Å². The summed E-state index contributed by atoms with van der Waals surface area (Å²) in [6, 6.07) is 0. The van der Waals surface area contributed by atoms with E-state index in [1.165, 1.54) is 6.08 Å². The van der Waals surface area contributed by atoms with Crippen LogP contribution < -0.4 is 0 Å². The van der Waals surface area contributed by atoms with Crippen molar-refractivity contribution in [3.8, 4) is 12.3 Å². The Hall–Kier alpha value is -1.03. The zero-order valence-electron chi connectivity index (χ0n) is 6.97. The molecule has 0 nitrogen and oxygen atoms in total. The first-order valence-electron chi connectivity index (χ1n) is 3.61. The van der Waals surface area contributed by atoms with Crippen molar-refractivity contribution in [2.75, 3.05) is 6.67 Å². The van der Waals surface area contributed by atoms with Crippen LogP contribution >= 0.6 is 0 Å². The van der Waals surface area contributed by atoms with Crippen LogP contribution in [0.2, 0.25) is 0 Å². The zero-order chi connectivity index (χ0) is 8.69. The van der Waals surface area contributed by atoms with Crippen LogP contribution in [-0.4, -0.2) is 6.67 Å². The van der Waals surface area contributed by atoms with Crippen molar-refractivity contribution in [3.05, 3.63) is 23.8 Å². The SMILES string of the molecule is C#C/C=C(\C=C/CF)C(C)C. The number of hydrogen-bond acceptors (Lipinski definition) is 0. The molecule has 0 aliphatic carbocycles. The van der Waals surface area contributed by atoms with Crippen LogP contribution in [0.3, 0.4) is 0 Å². The number of allylic oxidation sites excluding steroid dienone is 4. The van der Waals surface area contributed by atoms with Crippen molar-refractivity contribution in [1.29, 1.82) is 0 Å². The van der Waals surface area contributed by atoms with Crippen LogP contribution in [0.15, 0.2) is 23.8 Å². The molecular formula is C10H13F. The van der Waals surface area contributed by atoms with Gasteiger partial charge in [-0.05, 0) is 17.6 Å². The molecule has 0 atom stereocenters. The summed E-state index contributed by atoms with van der Waals surface area (Å²) in [4.78, 5) is 0. The predicted molar refractivity (Wildman–Crippen MR) is 46.9 cm³/mol. The molecule has 0 saturated carbocycles. The summed E-state index contributed by atoms with van der Waals surface area (Å²) in [5.74, 6) is 2.78. The number of rotatable bonds is 3. The van der Waals surface area contributed by atoms with Gasteiger partial charge >= 0.3 is 0 Å². The fourth-order valence-electron chi connectivity index (χ4n) is 0.684. The monoisotopic (exact) mass is 152 g/mol. The normalized spacial score (nSPS) is 12.5. The molecule has 0 spiro atoms. The summed E-state index contributed by atoms with van der Waals surface area (Å²) in [7, 11) is 0. The Balaban J connectivity index is 4.26. The molecule has 0 unspecified atom stereocenters. The van der Waals surface area contributed by atoms with E-state index in [-0.39, 0.29) is 0 Å². The second-order valence-electron chi connectivity index (χ2n) is 2.52. The van der Waals surface area contributed by atoms with Crippen LogP contribution in [0.4, 0.5) is 4.39 Å². The highest BCUT2D eigenvalue weighted by Crippen LogP contribution is 2.09. The highest BCUT2D eigenvalue weighted by atomic mass is 19.1. The van der Waals surface area contributed by atoms with E-state index in [1.54, 1.807) is 12.2 Å². The van der Waals surface area contributed by atoms with Crippen molar-refractivity contribution < 1.29 is 4.39 Å². The minimum absolute atomic E-state index is 0.355. The van der Waals surface area contributed by atoms with Gasteiger partial charge in [0.15, 0.2) is 0 Å². The minimum atomic E-state index is -0.436. The molecular weight excluding hydrogens is 139 g/mol. The van der Waals surface area contributed by atoms with E-state index >= 15 is 0 Å². The molecule has 1 heteroatoms. The van der Waals surface area contributed by atoms with Gasteiger partial charge in [-0.1, -0.05) is 31.9 Å². The maximum atomic E-state index is 11.7. The van der Waals surface area contributed by atoms with Crippen LogP contribution in [-0.2, 0) is 0 Å². The lowest BCUT2D eigenvalue weighted by atomic mass is 10.0. The topological polar surface area (TPSA) is 0 Å². The maximum Gasteiger partial charge on any atom is 0.108 e. The highest BCUT2D eigenvalue weighted by molar-refractivity contribution is 5.28. The summed E-state index contributed by atoms with van der Waals surface area (Å²) in [5.41, 5.74) is 0.991. The number of alkyl halides is 1. The van der Waals surface area contributed by atoms with Crippen molar-refractivity contribution in [3.63, 3.8) is 0 Å². The molecule has 0 N–H and O–H groups in total. The minimum Gasteiger partial charge on any atom is -0.247 e. The molecule has 0 bridgehead atoms. The summed E-state index contributed by atoms with van der Waals surface area (Å²) in [5, 5.41) is 0. The van der Waals surface area contributed by atoms with Crippen molar-refractivity contribution in [1.82, 2.24) is 0 Å². The van der Waals surface area contributed by atoms with Gasteiger partial charge < -0.3 is 0 Å². The molecule has 0 radical (unpaired) electrons. The third-order valence-electron chi connectivity index (χ3n) is 1.32. The first-order valence-corrected chi connectivity index (χ1v) is 3.61. The van der Waals surface area contributed by atoms with Gasteiger partial charge in [0.05, 0.1) is 0 Å². The smallest absolute Gasteiger partial charge is 0.108 e. The Kier molecular flexibility index (Phi) is 5.20. The lowest BCUT2D eigenvalue weighted by molar-refractivity contribution is 0.561. The van der Waals surface area contributed by atoms with Gasteiger partial charge in [-0.15, -0.1) is 6.42 Å². The molecule has 0 aromatic carbocycles. The number of terminal acetylenes is 1. The van der Waals surface area contributed by atoms with Gasteiger partial charge in [-0.3, -0.25) is 0 Å². The second-order valence-corrected chi connectivity index (χ2v) is 2.52. The second kappa shape index (κ2) is 5.73. The first kappa shape index (κ1) is 9.97. The van der Waals surface area contributed by atoms with Gasteiger partial charge in [0.1, 0.15) is 6.67 Å². The summed E-state index contributed by atoms with van der Waals surface area (Å²) < 4.78 is 11.7. The fourth-order valence-corrected chi connectivity index (χ4v) is 0.684. The van der Waals surface area contributed by atoms with E-state index in [9.17, 15) is 4.39 Å². The predicted octanol–water partition coefficient (Wildman–Crippen LogP) is 2.73. The van der Waals surface area contributed by atoms with Crippen LogP contribution in [0, 0.1) is 18.3 Å². The molecule has 0 aromatic rings. The van der Waals surface area contributed by atoms with E-state index in [4.69, 9.17) is 6.42 Å². The van der Waals surface area contributed by atoms with E-state index in [2.05, 4.69) is 5.92 Å². The number of halogens is 1. The molecule has 0 aliphatic rings. The highest BCUT2D eigenvalue weighted by Gasteiger charge is 1.96. The van der Waals surface area contributed by atoms with Gasteiger partial charge in [-0.2, -0.15) is 0 Å². The molecule has 0 saturated heterocycles. The molecule has 60 valence electrons. The fraction of sp³-hybridized carbons (Fsp3) is 0.400. The lowest BCUT2D eigenvalue weighted by Crippen LogP contribution is -1.89. The third-order valence-corrected chi connectivity index (χ3v) is 1.32. The van der Waals surface area contributed by atoms with Crippen molar-refractivity contribution in [2.24, 2.45) is 5.92 Å². The maximum absolute atomic E-state index is 11.7. The molecule has 0 rings (SSSR count). The zero-order valence-corrected chi connectivity index (χ0v) is 6.97. The first-order chi connectivity index (χ1) is 5.22. The standard InChI is InChI=1S/C10H13F/c1-4-6-10(9(2)3)7-5-8-11/h1,5-7,9H,8H2,2-3H3/b7-5-,10-6+. The molecule has 0 fully saturated rings.